The minimum atomic E-state index is -0.752. The van der Waals surface area contributed by atoms with Gasteiger partial charge in [-0.3, -0.25) is 25.0 Å². The smallest absolute Gasteiger partial charge is 0.276 e. The average molecular weight is 387 g/mol. The first kappa shape index (κ1) is 18.6. The maximum atomic E-state index is 11.8. The Morgan fingerprint density at radius 3 is 2.43 bits per heavy atom. The number of nitro benzene ring substituents is 2. The normalized spacial score (nSPS) is 12.0. The van der Waals surface area contributed by atoms with Gasteiger partial charge >= 0.3 is 0 Å². The molecule has 1 heterocycles. The zero-order chi connectivity index (χ0) is 20.1. The largest absolute Gasteiger partial charge is 0.454 e. The molecule has 0 bridgehead atoms. The van der Waals surface area contributed by atoms with E-state index in [1.807, 2.05) is 0 Å². The van der Waals surface area contributed by atoms with Crippen LogP contribution in [0.15, 0.2) is 41.5 Å². The third-order valence-electron chi connectivity index (χ3n) is 3.58. The fourth-order valence-corrected chi connectivity index (χ4v) is 2.31. The van der Waals surface area contributed by atoms with Crippen LogP contribution in [-0.2, 0) is 4.79 Å². The summed E-state index contributed by atoms with van der Waals surface area (Å²) in [5.74, 6) is 0.690. The zero-order valence-corrected chi connectivity index (χ0v) is 14.2. The van der Waals surface area contributed by atoms with E-state index < -0.39 is 27.1 Å². The minimum absolute atomic E-state index is 0.102. The first-order valence-electron chi connectivity index (χ1n) is 7.81. The third kappa shape index (κ3) is 4.49. The molecule has 0 spiro atoms. The van der Waals surface area contributed by atoms with Gasteiger partial charge in [0.2, 0.25) is 6.79 Å². The van der Waals surface area contributed by atoms with E-state index in [0.29, 0.717) is 17.2 Å². The summed E-state index contributed by atoms with van der Waals surface area (Å²) in [6.45, 7) is 0.0376. The van der Waals surface area contributed by atoms with Crippen molar-refractivity contribution < 1.29 is 24.1 Å². The van der Waals surface area contributed by atoms with Crippen LogP contribution in [0.5, 0.6) is 11.5 Å². The quantitative estimate of drug-likeness (QED) is 0.413. The molecule has 0 fully saturated rings. The van der Waals surface area contributed by atoms with Crippen LogP contribution in [0.2, 0.25) is 0 Å². The summed E-state index contributed by atoms with van der Waals surface area (Å²) in [5.41, 5.74) is 2.06. The molecule has 0 aliphatic carbocycles. The number of carbonyl (C=O) groups excluding carboxylic acids is 1. The lowest BCUT2D eigenvalue weighted by atomic mass is 10.2. The van der Waals surface area contributed by atoms with Gasteiger partial charge in [0.15, 0.2) is 11.5 Å². The van der Waals surface area contributed by atoms with E-state index in [1.54, 1.807) is 18.2 Å². The van der Waals surface area contributed by atoms with Gasteiger partial charge in [-0.2, -0.15) is 5.10 Å². The van der Waals surface area contributed by atoms with E-state index in [4.69, 9.17) is 9.47 Å². The summed E-state index contributed by atoms with van der Waals surface area (Å²) >= 11 is 0. The van der Waals surface area contributed by atoms with Crippen molar-refractivity contribution in [2.45, 2.75) is 0 Å². The summed E-state index contributed by atoms with van der Waals surface area (Å²) < 4.78 is 10.4. The Bertz CT molecular complexity index is 944. The molecule has 12 heteroatoms. The van der Waals surface area contributed by atoms with Gasteiger partial charge in [0, 0.05) is 29.4 Å². The van der Waals surface area contributed by atoms with Crippen molar-refractivity contribution in [2.75, 3.05) is 18.7 Å². The van der Waals surface area contributed by atoms with Crippen LogP contribution in [0.3, 0.4) is 0 Å². The molecule has 0 aromatic heterocycles. The van der Waals surface area contributed by atoms with E-state index in [0.717, 1.165) is 24.4 Å². The van der Waals surface area contributed by atoms with Gasteiger partial charge in [-0.1, -0.05) is 0 Å². The molecule has 1 amide bonds. The maximum Gasteiger partial charge on any atom is 0.276 e. The fourth-order valence-electron chi connectivity index (χ4n) is 2.31. The van der Waals surface area contributed by atoms with Crippen molar-refractivity contribution in [3.63, 3.8) is 0 Å². The lowest BCUT2D eigenvalue weighted by Gasteiger charge is -2.06. The van der Waals surface area contributed by atoms with Crippen molar-refractivity contribution in [3.05, 3.63) is 62.2 Å². The summed E-state index contributed by atoms with van der Waals surface area (Å²) in [4.78, 5) is 32.0. The first-order chi connectivity index (χ1) is 13.4. The van der Waals surface area contributed by atoms with Crippen molar-refractivity contribution in [2.24, 2.45) is 5.10 Å². The van der Waals surface area contributed by atoms with Crippen molar-refractivity contribution in [3.8, 4) is 11.5 Å². The van der Waals surface area contributed by atoms with Crippen LogP contribution in [0, 0.1) is 20.2 Å². The van der Waals surface area contributed by atoms with Crippen LogP contribution in [0.25, 0.3) is 0 Å². The number of hydrogen-bond donors (Lipinski definition) is 2. The molecular formula is C16H13N5O7. The standard InChI is InChI=1S/C16H13N5O7/c22-16(8-17-11-1-2-14-15(5-11)28-9-27-14)19-18-7-10-3-12(20(23)24)6-13(4-10)21(25)26/h1-7,17H,8-9H2,(H,19,22)/b18-7-. The lowest BCUT2D eigenvalue weighted by Crippen LogP contribution is -2.25. The Morgan fingerprint density at radius 2 is 1.75 bits per heavy atom. The Balaban J connectivity index is 1.57. The van der Waals surface area contributed by atoms with E-state index >= 15 is 0 Å². The van der Waals surface area contributed by atoms with Gasteiger partial charge in [0.05, 0.1) is 28.7 Å². The second kappa shape index (κ2) is 7.99. The van der Waals surface area contributed by atoms with Crippen LogP contribution in [0.1, 0.15) is 5.56 Å². The molecule has 0 radical (unpaired) electrons. The summed E-state index contributed by atoms with van der Waals surface area (Å²) in [7, 11) is 0. The molecule has 2 N–H and O–H groups in total. The molecule has 2 aromatic rings. The lowest BCUT2D eigenvalue weighted by molar-refractivity contribution is -0.394. The molecular weight excluding hydrogens is 374 g/mol. The van der Waals surface area contributed by atoms with Crippen LogP contribution < -0.4 is 20.2 Å². The van der Waals surface area contributed by atoms with Crippen molar-refractivity contribution in [1.29, 1.82) is 0 Å². The monoisotopic (exact) mass is 387 g/mol. The zero-order valence-electron chi connectivity index (χ0n) is 14.2. The second-order valence-electron chi connectivity index (χ2n) is 5.51. The van der Waals surface area contributed by atoms with Gasteiger partial charge in [-0.05, 0) is 12.1 Å². The van der Waals surface area contributed by atoms with Crippen LogP contribution >= 0.6 is 0 Å². The van der Waals surface area contributed by atoms with E-state index in [1.165, 1.54) is 0 Å². The molecule has 0 saturated heterocycles. The number of hydrogen-bond acceptors (Lipinski definition) is 9. The number of anilines is 1. The van der Waals surface area contributed by atoms with Gasteiger partial charge in [-0.25, -0.2) is 5.43 Å². The molecule has 1 aliphatic heterocycles. The van der Waals surface area contributed by atoms with Crippen LogP contribution in [-0.4, -0.2) is 35.3 Å². The molecule has 0 unspecified atom stereocenters. The Morgan fingerprint density at radius 1 is 1.07 bits per heavy atom. The van der Waals surface area contributed by atoms with Gasteiger partial charge in [-0.15, -0.1) is 0 Å². The Hall–Kier alpha value is -4.22. The molecule has 2 aromatic carbocycles. The molecule has 0 atom stereocenters. The Kier molecular flexibility index (Phi) is 5.30. The van der Waals surface area contributed by atoms with Crippen LogP contribution in [0.4, 0.5) is 17.1 Å². The predicted octanol–water partition coefficient (Wildman–Crippen LogP) is 1.79. The second-order valence-corrected chi connectivity index (χ2v) is 5.51. The number of nitrogens with zero attached hydrogens (tertiary/aromatic N) is 3. The highest BCUT2D eigenvalue weighted by Crippen LogP contribution is 2.34. The fraction of sp³-hybridized carbons (Fsp3) is 0.125. The SMILES string of the molecule is O=C(CNc1ccc2c(c1)OCO2)N/N=C\c1cc([N+](=O)[O-])cc([N+](=O)[O-])c1. The predicted molar refractivity (Wildman–Crippen MR) is 96.5 cm³/mol. The van der Waals surface area contributed by atoms with E-state index in [2.05, 4.69) is 15.8 Å². The van der Waals surface area contributed by atoms with Gasteiger partial charge < -0.3 is 14.8 Å². The highest BCUT2D eigenvalue weighted by molar-refractivity contribution is 5.85. The number of carbonyl (C=O) groups is 1. The number of nitro groups is 2. The number of fused-ring (bicyclic) bond motifs is 1. The number of amides is 1. The molecule has 1 aliphatic rings. The summed E-state index contributed by atoms with van der Waals surface area (Å²) in [6.07, 6.45) is 1.08. The van der Waals surface area contributed by atoms with E-state index in [-0.39, 0.29) is 18.9 Å². The van der Waals surface area contributed by atoms with E-state index in [9.17, 15) is 25.0 Å². The molecule has 0 saturated carbocycles. The molecule has 28 heavy (non-hydrogen) atoms. The molecule has 3 rings (SSSR count). The summed E-state index contributed by atoms with van der Waals surface area (Å²) in [6, 6.07) is 8.15. The number of non-ortho nitro benzene ring substituents is 2. The Labute approximate surface area is 157 Å². The van der Waals surface area contributed by atoms with Gasteiger partial charge in [0.1, 0.15) is 0 Å². The highest BCUT2D eigenvalue weighted by atomic mass is 16.7. The van der Waals surface area contributed by atoms with Gasteiger partial charge in [0.25, 0.3) is 17.3 Å². The van der Waals surface area contributed by atoms with Crippen molar-refractivity contribution >= 4 is 29.2 Å². The highest BCUT2D eigenvalue weighted by Gasteiger charge is 2.16. The minimum Gasteiger partial charge on any atom is -0.454 e. The molecule has 144 valence electrons. The topological polar surface area (TPSA) is 158 Å². The maximum absolute atomic E-state index is 11.8. The number of hydrazone groups is 1. The van der Waals surface area contributed by atoms with Crippen molar-refractivity contribution in [1.82, 2.24) is 5.43 Å². The number of benzene rings is 2. The summed E-state index contributed by atoms with van der Waals surface area (Å²) in [5, 5.41) is 28.2. The number of rotatable bonds is 7. The number of nitrogens with one attached hydrogen (secondary N) is 2. The average Bonchev–Trinajstić information content (AvgIpc) is 3.14. The molecule has 12 nitrogen and oxygen atoms in total. The number of ether oxygens (including phenoxy) is 2. The third-order valence-corrected chi connectivity index (χ3v) is 3.58. The first-order valence-corrected chi connectivity index (χ1v) is 7.81.